The zero-order valence-electron chi connectivity index (χ0n) is 19.1. The molecular weight excluding hydrogens is 408 g/mol. The van der Waals surface area contributed by atoms with Crippen molar-refractivity contribution in [3.8, 4) is 0 Å². The third-order valence-corrected chi connectivity index (χ3v) is 4.41. The number of hydrogen-bond donors (Lipinski definition) is 5. The summed E-state index contributed by atoms with van der Waals surface area (Å²) >= 11 is 4.21. The Morgan fingerprint density at radius 2 is 1.57 bits per heavy atom. The average Bonchev–Trinajstić information content (AvgIpc) is 2.60. The first-order valence-corrected chi connectivity index (χ1v) is 10.7. The number of thiol groups is 1. The van der Waals surface area contributed by atoms with Crippen molar-refractivity contribution in [2.45, 2.75) is 77.8 Å². The highest BCUT2D eigenvalue weighted by Gasteiger charge is 2.29. The summed E-state index contributed by atoms with van der Waals surface area (Å²) in [4.78, 5) is 49.0. The van der Waals surface area contributed by atoms with Gasteiger partial charge >= 0.3 is 6.09 Å². The van der Waals surface area contributed by atoms with Gasteiger partial charge in [-0.2, -0.15) is 12.6 Å². The lowest BCUT2D eigenvalue weighted by Gasteiger charge is -2.26. The van der Waals surface area contributed by atoms with Gasteiger partial charge in [0.15, 0.2) is 5.78 Å². The second-order valence-corrected chi connectivity index (χ2v) is 9.61. The largest absolute Gasteiger partial charge is 0.444 e. The van der Waals surface area contributed by atoms with E-state index in [1.807, 2.05) is 13.8 Å². The van der Waals surface area contributed by atoms with Crippen molar-refractivity contribution in [3.05, 3.63) is 0 Å². The van der Waals surface area contributed by atoms with Crippen LogP contribution in [0, 0.1) is 11.8 Å². The van der Waals surface area contributed by atoms with Crippen molar-refractivity contribution < 1.29 is 23.9 Å². The summed E-state index contributed by atoms with van der Waals surface area (Å²) in [5.41, 5.74) is 4.77. The second kappa shape index (κ2) is 12.8. The molecule has 0 spiro atoms. The van der Waals surface area contributed by atoms with Crippen molar-refractivity contribution in [1.29, 1.82) is 0 Å². The van der Waals surface area contributed by atoms with Crippen LogP contribution in [0.4, 0.5) is 4.79 Å². The van der Waals surface area contributed by atoms with Gasteiger partial charge in [-0.1, -0.05) is 27.7 Å². The number of carbonyl (C=O) groups excluding carboxylic acids is 4. The van der Waals surface area contributed by atoms with Crippen molar-refractivity contribution in [3.63, 3.8) is 0 Å². The van der Waals surface area contributed by atoms with Crippen LogP contribution in [0.1, 0.15) is 54.9 Å². The number of rotatable bonds is 11. The van der Waals surface area contributed by atoms with Gasteiger partial charge in [-0.05, 0) is 39.0 Å². The van der Waals surface area contributed by atoms with E-state index in [0.717, 1.165) is 0 Å². The SMILES string of the molecule is CC(C)C[C@H](NC(=O)C(S)CNC(=O)OC(C)(C)C)C(=O)N[C@H](C(=O)CN)C(C)C. The molecule has 174 valence electrons. The normalized spacial score (nSPS) is 14.6. The van der Waals surface area contributed by atoms with Gasteiger partial charge in [-0.25, -0.2) is 4.79 Å². The number of ketones is 1. The Morgan fingerprint density at radius 1 is 1.00 bits per heavy atom. The first-order chi connectivity index (χ1) is 13.7. The number of carbonyl (C=O) groups is 4. The third kappa shape index (κ3) is 11.4. The molecule has 3 amide bonds. The predicted molar refractivity (Wildman–Crippen MR) is 119 cm³/mol. The van der Waals surface area contributed by atoms with E-state index in [2.05, 4.69) is 28.6 Å². The van der Waals surface area contributed by atoms with Gasteiger partial charge in [0.25, 0.3) is 0 Å². The zero-order chi connectivity index (χ0) is 23.6. The van der Waals surface area contributed by atoms with Crippen LogP contribution in [0.25, 0.3) is 0 Å². The van der Waals surface area contributed by atoms with Gasteiger partial charge in [0.05, 0.1) is 17.8 Å². The van der Waals surface area contributed by atoms with E-state index in [0.29, 0.717) is 6.42 Å². The van der Waals surface area contributed by atoms with Crippen LogP contribution in [-0.4, -0.2) is 59.7 Å². The summed E-state index contributed by atoms with van der Waals surface area (Å²) in [5, 5.41) is 6.95. The zero-order valence-corrected chi connectivity index (χ0v) is 20.0. The minimum Gasteiger partial charge on any atom is -0.444 e. The number of nitrogens with one attached hydrogen (secondary N) is 3. The molecule has 0 bridgehead atoms. The standard InChI is InChI=1S/C20H38N4O5S/c1-11(2)8-13(17(26)24-16(12(3)4)14(25)9-21)23-18(27)15(30)10-22-19(28)29-20(5,6)7/h11-13,15-16,30H,8-10,21H2,1-7H3,(H,22,28)(H,23,27)(H,24,26)/t13-,15?,16-/m0/s1. The molecule has 30 heavy (non-hydrogen) atoms. The molecule has 9 nitrogen and oxygen atoms in total. The maximum Gasteiger partial charge on any atom is 0.407 e. The minimum atomic E-state index is -0.883. The topological polar surface area (TPSA) is 140 Å². The first kappa shape index (κ1) is 28.2. The molecule has 10 heteroatoms. The Kier molecular flexibility index (Phi) is 12.0. The van der Waals surface area contributed by atoms with Gasteiger partial charge in [0.1, 0.15) is 11.6 Å². The highest BCUT2D eigenvalue weighted by molar-refractivity contribution is 7.81. The van der Waals surface area contributed by atoms with Crippen molar-refractivity contribution in [2.24, 2.45) is 17.6 Å². The number of hydrogen-bond acceptors (Lipinski definition) is 7. The van der Waals surface area contributed by atoms with Crippen LogP contribution < -0.4 is 21.7 Å². The van der Waals surface area contributed by atoms with E-state index in [-0.39, 0.29) is 30.7 Å². The monoisotopic (exact) mass is 446 g/mol. The first-order valence-electron chi connectivity index (χ1n) is 10.2. The van der Waals surface area contributed by atoms with Crippen LogP contribution in [0.15, 0.2) is 0 Å². The predicted octanol–water partition coefficient (Wildman–Crippen LogP) is 1.01. The van der Waals surface area contributed by atoms with Crippen molar-refractivity contribution in [2.75, 3.05) is 13.1 Å². The number of Topliss-reactive ketones (excluding diaryl/α,β-unsaturated/α-hetero) is 1. The van der Waals surface area contributed by atoms with Gasteiger partial charge in [-0.15, -0.1) is 0 Å². The number of alkyl carbamates (subject to hydrolysis) is 1. The Labute approximate surface area is 185 Å². The summed E-state index contributed by atoms with van der Waals surface area (Å²) in [6.45, 7) is 12.4. The van der Waals surface area contributed by atoms with E-state index in [1.54, 1.807) is 34.6 Å². The molecule has 0 saturated carbocycles. The molecule has 0 rings (SSSR count). The number of ether oxygens (including phenoxy) is 1. The molecule has 0 aliphatic rings. The van der Waals surface area contributed by atoms with E-state index in [1.165, 1.54) is 0 Å². The Morgan fingerprint density at radius 3 is 2.00 bits per heavy atom. The molecule has 5 N–H and O–H groups in total. The molecule has 0 aliphatic heterocycles. The molecule has 0 fully saturated rings. The highest BCUT2D eigenvalue weighted by atomic mass is 32.1. The van der Waals surface area contributed by atoms with E-state index in [4.69, 9.17) is 10.5 Å². The van der Waals surface area contributed by atoms with Crippen molar-refractivity contribution >= 4 is 36.3 Å². The van der Waals surface area contributed by atoms with Gasteiger partial charge in [-0.3, -0.25) is 14.4 Å². The molecule has 0 radical (unpaired) electrons. The summed E-state index contributed by atoms with van der Waals surface area (Å²) in [6.07, 6.45) is -0.287. The van der Waals surface area contributed by atoms with Crippen LogP contribution in [0.5, 0.6) is 0 Å². The Hall–Kier alpha value is -1.81. The summed E-state index contributed by atoms with van der Waals surface area (Å²) in [7, 11) is 0. The molecule has 0 heterocycles. The molecule has 0 aromatic heterocycles. The van der Waals surface area contributed by atoms with E-state index in [9.17, 15) is 19.2 Å². The molecule has 1 unspecified atom stereocenters. The summed E-state index contributed by atoms with van der Waals surface area (Å²) in [5.74, 6) is -1.28. The Bertz CT molecular complexity index is 604. The fourth-order valence-electron chi connectivity index (χ4n) is 2.56. The maximum atomic E-state index is 12.8. The smallest absolute Gasteiger partial charge is 0.407 e. The maximum absolute atomic E-state index is 12.8. The summed E-state index contributed by atoms with van der Waals surface area (Å²) in [6, 6.07) is -1.57. The molecule has 3 atom stereocenters. The van der Waals surface area contributed by atoms with E-state index < -0.39 is 40.8 Å². The molecule has 0 aliphatic carbocycles. The lowest BCUT2D eigenvalue weighted by atomic mass is 9.97. The van der Waals surface area contributed by atoms with Gasteiger partial charge < -0.3 is 26.4 Å². The van der Waals surface area contributed by atoms with Crippen molar-refractivity contribution in [1.82, 2.24) is 16.0 Å². The molecular formula is C20H38N4O5S. The lowest BCUT2D eigenvalue weighted by Crippen LogP contribution is -2.55. The second-order valence-electron chi connectivity index (χ2n) is 8.99. The number of amides is 3. The third-order valence-electron chi connectivity index (χ3n) is 3.99. The van der Waals surface area contributed by atoms with Crippen LogP contribution in [-0.2, 0) is 19.1 Å². The minimum absolute atomic E-state index is 0.0693. The van der Waals surface area contributed by atoms with Gasteiger partial charge in [0, 0.05) is 6.54 Å². The average molecular weight is 447 g/mol. The van der Waals surface area contributed by atoms with E-state index >= 15 is 0 Å². The van der Waals surface area contributed by atoms with Crippen LogP contribution >= 0.6 is 12.6 Å². The fourth-order valence-corrected chi connectivity index (χ4v) is 2.72. The highest BCUT2D eigenvalue weighted by Crippen LogP contribution is 2.10. The molecule has 0 aromatic rings. The van der Waals surface area contributed by atoms with Crippen LogP contribution in [0.2, 0.25) is 0 Å². The Balaban J connectivity index is 5.02. The fraction of sp³-hybridized carbons (Fsp3) is 0.800. The molecule has 0 aromatic carbocycles. The summed E-state index contributed by atoms with van der Waals surface area (Å²) < 4.78 is 5.12. The number of nitrogens with two attached hydrogens (primary N) is 1. The molecule has 0 saturated heterocycles. The quantitative estimate of drug-likeness (QED) is 0.300. The van der Waals surface area contributed by atoms with Gasteiger partial charge in [0.2, 0.25) is 11.8 Å². The lowest BCUT2D eigenvalue weighted by molar-refractivity contribution is -0.132. The van der Waals surface area contributed by atoms with Crippen LogP contribution in [0.3, 0.4) is 0 Å².